The SMILES string of the molecule is Cc1nnn(-c2nonc2N)c1C(=O)NN=Cc1c(O)ccc2ccccc12. The smallest absolute Gasteiger partial charge is 0.292 e. The molecule has 2 aromatic carbocycles. The molecular formula is C17H14N8O3. The normalized spacial score (nSPS) is 11.3. The standard InChI is InChI=1S/C17H14N8O3/c1-9-14(25(24-20-9)16-15(18)22-28-23-16)17(27)21-19-8-12-11-5-3-2-4-10(11)6-7-13(12)26/h2-8,26H,1H3,(H2,18,22)(H,21,27). The quantitative estimate of drug-likeness (QED) is 0.353. The van der Waals surface area contributed by atoms with E-state index in [2.05, 4.69) is 35.8 Å². The van der Waals surface area contributed by atoms with Crippen LogP contribution in [0, 0.1) is 6.92 Å². The van der Waals surface area contributed by atoms with E-state index in [1.807, 2.05) is 24.3 Å². The lowest BCUT2D eigenvalue weighted by atomic mass is 10.0. The average Bonchev–Trinajstić information content (AvgIpc) is 3.28. The Hall–Kier alpha value is -4.28. The Bertz CT molecular complexity index is 1210. The Morgan fingerprint density at radius 1 is 1.29 bits per heavy atom. The van der Waals surface area contributed by atoms with Crippen molar-refractivity contribution in [2.45, 2.75) is 6.92 Å². The zero-order chi connectivity index (χ0) is 19.7. The number of carbonyl (C=O) groups is 1. The molecule has 0 saturated heterocycles. The van der Waals surface area contributed by atoms with Crippen LogP contribution in [0.2, 0.25) is 0 Å². The number of hydrogen-bond donors (Lipinski definition) is 3. The van der Waals surface area contributed by atoms with Gasteiger partial charge in [0.1, 0.15) is 5.75 Å². The van der Waals surface area contributed by atoms with Crippen molar-refractivity contribution >= 4 is 28.7 Å². The number of rotatable bonds is 4. The molecule has 0 fully saturated rings. The summed E-state index contributed by atoms with van der Waals surface area (Å²) in [6.45, 7) is 1.60. The first-order valence-corrected chi connectivity index (χ1v) is 8.11. The summed E-state index contributed by atoms with van der Waals surface area (Å²) in [7, 11) is 0. The zero-order valence-corrected chi connectivity index (χ0v) is 14.6. The van der Waals surface area contributed by atoms with Gasteiger partial charge in [0.2, 0.25) is 11.6 Å². The molecule has 0 aliphatic carbocycles. The van der Waals surface area contributed by atoms with E-state index in [9.17, 15) is 9.90 Å². The number of phenolic OH excluding ortho intramolecular Hbond substituents is 1. The van der Waals surface area contributed by atoms with Gasteiger partial charge in [-0.15, -0.1) is 5.10 Å². The Kier molecular flexibility index (Phi) is 4.16. The van der Waals surface area contributed by atoms with Crippen LogP contribution in [-0.2, 0) is 0 Å². The first-order valence-electron chi connectivity index (χ1n) is 8.11. The number of aryl methyl sites for hydroxylation is 1. The summed E-state index contributed by atoms with van der Waals surface area (Å²) in [6, 6.07) is 10.9. The van der Waals surface area contributed by atoms with Crippen LogP contribution in [0.3, 0.4) is 0 Å². The molecule has 140 valence electrons. The van der Waals surface area contributed by atoms with Gasteiger partial charge in [-0.3, -0.25) is 4.79 Å². The molecule has 2 aromatic heterocycles. The first-order chi connectivity index (χ1) is 13.6. The lowest BCUT2D eigenvalue weighted by Gasteiger charge is -2.05. The monoisotopic (exact) mass is 378 g/mol. The number of hydrazone groups is 1. The predicted molar refractivity (Wildman–Crippen MR) is 99.0 cm³/mol. The van der Waals surface area contributed by atoms with E-state index in [0.717, 1.165) is 15.5 Å². The van der Waals surface area contributed by atoms with Gasteiger partial charge in [0, 0.05) is 5.56 Å². The molecule has 0 saturated carbocycles. The largest absolute Gasteiger partial charge is 0.507 e. The summed E-state index contributed by atoms with van der Waals surface area (Å²) in [5, 5.41) is 30.6. The van der Waals surface area contributed by atoms with E-state index >= 15 is 0 Å². The third-order valence-electron chi connectivity index (χ3n) is 4.06. The average molecular weight is 378 g/mol. The minimum Gasteiger partial charge on any atom is -0.507 e. The summed E-state index contributed by atoms with van der Waals surface area (Å²) < 4.78 is 5.65. The second-order valence-electron chi connectivity index (χ2n) is 5.83. The fraction of sp³-hybridized carbons (Fsp3) is 0.0588. The maximum atomic E-state index is 12.6. The Morgan fingerprint density at radius 2 is 2.11 bits per heavy atom. The van der Waals surface area contributed by atoms with Crippen LogP contribution >= 0.6 is 0 Å². The highest BCUT2D eigenvalue weighted by atomic mass is 16.6. The number of nitrogens with two attached hydrogens (primary N) is 1. The molecule has 0 aliphatic heterocycles. The van der Waals surface area contributed by atoms with Gasteiger partial charge < -0.3 is 10.8 Å². The Labute approximate surface area is 157 Å². The maximum Gasteiger partial charge on any atom is 0.292 e. The van der Waals surface area contributed by atoms with Gasteiger partial charge in [-0.25, -0.2) is 10.1 Å². The van der Waals surface area contributed by atoms with Gasteiger partial charge in [0.05, 0.1) is 11.9 Å². The minimum absolute atomic E-state index is 0.0388. The number of hydrogen-bond acceptors (Lipinski definition) is 9. The van der Waals surface area contributed by atoms with E-state index in [1.165, 1.54) is 6.21 Å². The maximum absolute atomic E-state index is 12.6. The lowest BCUT2D eigenvalue weighted by Crippen LogP contribution is -2.22. The van der Waals surface area contributed by atoms with Crippen molar-refractivity contribution < 1.29 is 14.5 Å². The second kappa shape index (κ2) is 6.79. The molecule has 0 unspecified atom stereocenters. The molecule has 4 aromatic rings. The highest BCUT2D eigenvalue weighted by Gasteiger charge is 2.22. The number of anilines is 1. The number of amides is 1. The van der Waals surface area contributed by atoms with E-state index in [-0.39, 0.29) is 23.1 Å². The topological polar surface area (TPSA) is 157 Å². The van der Waals surface area contributed by atoms with Gasteiger partial charge in [-0.1, -0.05) is 35.5 Å². The Morgan fingerprint density at radius 3 is 2.89 bits per heavy atom. The van der Waals surface area contributed by atoms with Crippen molar-refractivity contribution in [1.29, 1.82) is 0 Å². The number of phenols is 1. The highest BCUT2D eigenvalue weighted by molar-refractivity contribution is 6.03. The van der Waals surface area contributed by atoms with Crippen LogP contribution in [0.15, 0.2) is 46.1 Å². The van der Waals surface area contributed by atoms with Gasteiger partial charge in [0.25, 0.3) is 5.91 Å². The summed E-state index contributed by atoms with van der Waals surface area (Å²) in [4.78, 5) is 12.6. The number of nitrogen functional groups attached to an aromatic ring is 1. The number of fused-ring (bicyclic) bond motifs is 1. The van der Waals surface area contributed by atoms with Gasteiger partial charge in [-0.2, -0.15) is 9.78 Å². The van der Waals surface area contributed by atoms with Gasteiger partial charge in [-0.05, 0) is 34.1 Å². The number of carbonyl (C=O) groups excluding carboxylic acids is 1. The summed E-state index contributed by atoms with van der Waals surface area (Å²) in [6.07, 6.45) is 1.37. The number of nitrogens with zero attached hydrogens (tertiary/aromatic N) is 6. The van der Waals surface area contributed by atoms with Crippen LogP contribution in [0.5, 0.6) is 5.75 Å². The van der Waals surface area contributed by atoms with Crippen molar-refractivity contribution in [2.24, 2.45) is 5.10 Å². The van der Waals surface area contributed by atoms with E-state index in [1.54, 1.807) is 19.1 Å². The van der Waals surface area contributed by atoms with Crippen molar-refractivity contribution in [1.82, 2.24) is 30.7 Å². The molecule has 0 spiro atoms. The van der Waals surface area contributed by atoms with Crippen LogP contribution in [0.4, 0.5) is 5.82 Å². The molecule has 4 rings (SSSR count). The molecule has 11 heteroatoms. The van der Waals surface area contributed by atoms with Crippen LogP contribution in [0.25, 0.3) is 16.6 Å². The van der Waals surface area contributed by atoms with E-state index in [0.29, 0.717) is 11.3 Å². The fourth-order valence-electron chi connectivity index (χ4n) is 2.73. The first kappa shape index (κ1) is 17.1. The predicted octanol–water partition coefficient (Wildman–Crippen LogP) is 1.16. The minimum atomic E-state index is -0.596. The van der Waals surface area contributed by atoms with Crippen molar-refractivity contribution in [3.05, 3.63) is 53.3 Å². The van der Waals surface area contributed by atoms with E-state index in [4.69, 9.17) is 5.73 Å². The van der Waals surface area contributed by atoms with Gasteiger partial charge >= 0.3 is 0 Å². The van der Waals surface area contributed by atoms with Crippen LogP contribution in [-0.4, -0.2) is 42.5 Å². The number of benzene rings is 2. The van der Waals surface area contributed by atoms with Crippen LogP contribution in [0.1, 0.15) is 21.7 Å². The van der Waals surface area contributed by atoms with Gasteiger partial charge in [0.15, 0.2) is 5.69 Å². The molecule has 11 nitrogen and oxygen atoms in total. The molecule has 1 amide bonds. The molecule has 4 N–H and O–H groups in total. The number of nitrogens with one attached hydrogen (secondary N) is 1. The number of aromatic hydroxyl groups is 1. The van der Waals surface area contributed by atoms with Crippen molar-refractivity contribution in [2.75, 3.05) is 5.73 Å². The molecule has 0 aliphatic rings. The highest BCUT2D eigenvalue weighted by Crippen LogP contribution is 2.25. The zero-order valence-electron chi connectivity index (χ0n) is 14.6. The third kappa shape index (κ3) is 2.90. The second-order valence-corrected chi connectivity index (χ2v) is 5.83. The van der Waals surface area contributed by atoms with Crippen LogP contribution < -0.4 is 11.2 Å². The summed E-state index contributed by atoms with van der Waals surface area (Å²) in [5.41, 5.74) is 8.92. The van der Waals surface area contributed by atoms with Crippen molar-refractivity contribution in [3.8, 4) is 11.6 Å². The fourth-order valence-corrected chi connectivity index (χ4v) is 2.73. The third-order valence-corrected chi connectivity index (χ3v) is 4.06. The molecule has 2 heterocycles. The number of aromatic nitrogens is 5. The van der Waals surface area contributed by atoms with Crippen molar-refractivity contribution in [3.63, 3.8) is 0 Å². The molecule has 0 bridgehead atoms. The summed E-state index contributed by atoms with van der Waals surface area (Å²) in [5.74, 6) is -0.550. The molecular weight excluding hydrogens is 364 g/mol. The van der Waals surface area contributed by atoms with E-state index < -0.39 is 5.91 Å². The Balaban J connectivity index is 1.62. The molecule has 0 radical (unpaired) electrons. The lowest BCUT2D eigenvalue weighted by molar-refractivity contribution is 0.0946. The summed E-state index contributed by atoms with van der Waals surface area (Å²) >= 11 is 0. The molecule has 0 atom stereocenters. The molecule has 28 heavy (non-hydrogen) atoms.